The molecule has 0 spiro atoms. The molecule has 6 heteroatoms. The number of hydrogen-bond donors (Lipinski definition) is 1. The second-order valence-corrected chi connectivity index (χ2v) is 6.19. The maximum atomic E-state index is 12.5. The monoisotopic (exact) mass is 327 g/mol. The van der Waals surface area contributed by atoms with E-state index in [0.29, 0.717) is 26.1 Å². The predicted molar refractivity (Wildman–Crippen MR) is 88.4 cm³/mol. The highest BCUT2D eigenvalue weighted by Gasteiger charge is 2.28. The van der Waals surface area contributed by atoms with E-state index in [0.717, 1.165) is 17.7 Å². The lowest BCUT2D eigenvalue weighted by atomic mass is 9.98. The summed E-state index contributed by atoms with van der Waals surface area (Å²) >= 11 is 0. The van der Waals surface area contributed by atoms with E-state index in [9.17, 15) is 9.59 Å². The second kappa shape index (κ2) is 7.29. The zero-order valence-corrected chi connectivity index (χ0v) is 13.5. The molecular formula is C18H21N3O3. The first-order chi connectivity index (χ1) is 11.6. The molecule has 2 aromatic rings. The highest BCUT2D eigenvalue weighted by atomic mass is 16.4. The zero-order chi connectivity index (χ0) is 16.9. The van der Waals surface area contributed by atoms with E-state index < -0.39 is 11.9 Å². The molecule has 1 saturated heterocycles. The Morgan fingerprint density at radius 2 is 2.04 bits per heavy atom. The van der Waals surface area contributed by atoms with Gasteiger partial charge in [-0.3, -0.25) is 9.59 Å². The lowest BCUT2D eigenvalue weighted by Crippen LogP contribution is -2.43. The van der Waals surface area contributed by atoms with Crippen molar-refractivity contribution in [3.63, 3.8) is 0 Å². The minimum atomic E-state index is -0.818. The number of hydrogen-bond acceptors (Lipinski definition) is 3. The standard InChI is InChI=1S/C18H21N3O3/c22-17(20-8-4-7-15(12-20)18(23)24)9-16-10-19-13-21(16)11-14-5-2-1-3-6-14/h1-3,5-6,10,13,15H,4,7-9,11-12H2,(H,23,24). The van der Waals surface area contributed by atoms with Gasteiger partial charge in [0.05, 0.1) is 18.7 Å². The number of aromatic nitrogens is 2. The number of carbonyl (C=O) groups excluding carboxylic acids is 1. The summed E-state index contributed by atoms with van der Waals surface area (Å²) in [5.41, 5.74) is 1.99. The second-order valence-electron chi connectivity index (χ2n) is 6.19. The first-order valence-electron chi connectivity index (χ1n) is 8.17. The molecule has 1 aliphatic heterocycles. The molecule has 1 aromatic heterocycles. The summed E-state index contributed by atoms with van der Waals surface area (Å²) in [5.74, 6) is -1.30. The lowest BCUT2D eigenvalue weighted by Gasteiger charge is -2.30. The van der Waals surface area contributed by atoms with Crippen LogP contribution in [0.3, 0.4) is 0 Å². The van der Waals surface area contributed by atoms with E-state index in [1.165, 1.54) is 0 Å². The average Bonchev–Trinajstić information content (AvgIpc) is 3.02. The third-order valence-corrected chi connectivity index (χ3v) is 4.45. The van der Waals surface area contributed by atoms with Gasteiger partial charge in [-0.1, -0.05) is 30.3 Å². The highest BCUT2D eigenvalue weighted by molar-refractivity contribution is 5.79. The Morgan fingerprint density at radius 1 is 1.25 bits per heavy atom. The Labute approximate surface area is 140 Å². The summed E-state index contributed by atoms with van der Waals surface area (Å²) < 4.78 is 1.96. The Hall–Kier alpha value is -2.63. The van der Waals surface area contributed by atoms with Gasteiger partial charge in [0, 0.05) is 31.5 Å². The van der Waals surface area contributed by atoms with E-state index in [2.05, 4.69) is 4.98 Å². The minimum Gasteiger partial charge on any atom is -0.481 e. The van der Waals surface area contributed by atoms with Crippen molar-refractivity contribution in [1.82, 2.24) is 14.5 Å². The van der Waals surface area contributed by atoms with Gasteiger partial charge in [0.1, 0.15) is 0 Å². The Morgan fingerprint density at radius 3 is 2.79 bits per heavy atom. The Kier molecular flexibility index (Phi) is 4.93. The molecule has 2 heterocycles. The number of nitrogens with zero attached hydrogens (tertiary/aromatic N) is 3. The molecule has 1 amide bonds. The number of carbonyl (C=O) groups is 2. The van der Waals surface area contributed by atoms with Crippen molar-refractivity contribution in [2.75, 3.05) is 13.1 Å². The van der Waals surface area contributed by atoms with Gasteiger partial charge in [-0.05, 0) is 18.4 Å². The van der Waals surface area contributed by atoms with Crippen LogP contribution in [-0.2, 0) is 22.6 Å². The molecule has 1 aromatic carbocycles. The molecule has 0 bridgehead atoms. The highest BCUT2D eigenvalue weighted by Crippen LogP contribution is 2.18. The fraction of sp³-hybridized carbons (Fsp3) is 0.389. The van der Waals surface area contributed by atoms with Gasteiger partial charge in [0.15, 0.2) is 0 Å². The number of piperidine rings is 1. The van der Waals surface area contributed by atoms with Crippen LogP contribution in [-0.4, -0.2) is 44.5 Å². The van der Waals surface area contributed by atoms with E-state index in [1.807, 2.05) is 34.9 Å². The molecule has 6 nitrogen and oxygen atoms in total. The van der Waals surface area contributed by atoms with Crippen molar-refractivity contribution in [2.24, 2.45) is 5.92 Å². The van der Waals surface area contributed by atoms with Crippen molar-refractivity contribution in [3.05, 3.63) is 54.1 Å². The van der Waals surface area contributed by atoms with Gasteiger partial charge in [-0.2, -0.15) is 0 Å². The quantitative estimate of drug-likeness (QED) is 0.908. The largest absolute Gasteiger partial charge is 0.481 e. The summed E-state index contributed by atoms with van der Waals surface area (Å²) in [6.07, 6.45) is 5.07. The molecule has 126 valence electrons. The molecule has 24 heavy (non-hydrogen) atoms. The van der Waals surface area contributed by atoms with Gasteiger partial charge in [0.2, 0.25) is 5.91 Å². The van der Waals surface area contributed by atoms with E-state index >= 15 is 0 Å². The van der Waals surface area contributed by atoms with Crippen LogP contribution in [0.2, 0.25) is 0 Å². The first kappa shape index (κ1) is 16.2. The molecule has 0 radical (unpaired) electrons. The number of aliphatic carboxylic acids is 1. The van der Waals surface area contributed by atoms with Gasteiger partial charge in [-0.15, -0.1) is 0 Å². The summed E-state index contributed by atoms with van der Waals surface area (Å²) in [5, 5.41) is 9.15. The molecular weight excluding hydrogens is 306 g/mol. The molecule has 3 rings (SSSR count). The van der Waals surface area contributed by atoms with Gasteiger partial charge in [0.25, 0.3) is 0 Å². The minimum absolute atomic E-state index is 0.0317. The summed E-state index contributed by atoms with van der Waals surface area (Å²) in [6.45, 7) is 1.61. The number of carboxylic acid groups (broad SMARTS) is 1. The van der Waals surface area contributed by atoms with Crippen molar-refractivity contribution in [3.8, 4) is 0 Å². The average molecular weight is 327 g/mol. The van der Waals surface area contributed by atoms with Crippen molar-refractivity contribution < 1.29 is 14.7 Å². The molecule has 0 saturated carbocycles. The number of amides is 1. The zero-order valence-electron chi connectivity index (χ0n) is 13.5. The SMILES string of the molecule is O=C(O)C1CCCN(C(=O)Cc2cncn2Cc2ccccc2)C1. The maximum Gasteiger partial charge on any atom is 0.308 e. The topological polar surface area (TPSA) is 75.4 Å². The number of benzene rings is 1. The summed E-state index contributed by atoms with van der Waals surface area (Å²) in [4.78, 5) is 29.5. The summed E-state index contributed by atoms with van der Waals surface area (Å²) in [7, 11) is 0. The molecule has 0 aliphatic carbocycles. The van der Waals surface area contributed by atoms with Crippen LogP contribution in [0.25, 0.3) is 0 Å². The Bertz CT molecular complexity index is 711. The van der Waals surface area contributed by atoms with Crippen LogP contribution in [0.5, 0.6) is 0 Å². The first-order valence-corrected chi connectivity index (χ1v) is 8.17. The van der Waals surface area contributed by atoms with Crippen LogP contribution < -0.4 is 0 Å². The fourth-order valence-corrected chi connectivity index (χ4v) is 3.09. The van der Waals surface area contributed by atoms with E-state index in [4.69, 9.17) is 5.11 Å². The van der Waals surface area contributed by atoms with Gasteiger partial charge >= 0.3 is 5.97 Å². The number of imidazole rings is 1. The van der Waals surface area contributed by atoms with Crippen molar-refractivity contribution in [1.29, 1.82) is 0 Å². The van der Waals surface area contributed by atoms with Crippen molar-refractivity contribution >= 4 is 11.9 Å². The van der Waals surface area contributed by atoms with Crippen LogP contribution in [0.4, 0.5) is 0 Å². The van der Waals surface area contributed by atoms with Crippen LogP contribution in [0, 0.1) is 5.92 Å². The van der Waals surface area contributed by atoms with E-state index in [1.54, 1.807) is 17.4 Å². The smallest absolute Gasteiger partial charge is 0.308 e. The normalized spacial score (nSPS) is 17.7. The van der Waals surface area contributed by atoms with Gasteiger partial charge in [-0.25, -0.2) is 4.98 Å². The number of carboxylic acids is 1. The van der Waals surface area contributed by atoms with Crippen molar-refractivity contribution in [2.45, 2.75) is 25.8 Å². The Balaban J connectivity index is 1.65. The van der Waals surface area contributed by atoms with Crippen LogP contribution in [0.15, 0.2) is 42.9 Å². The number of rotatable bonds is 5. The summed E-state index contributed by atoms with van der Waals surface area (Å²) in [6, 6.07) is 10.0. The molecule has 1 fully saturated rings. The third kappa shape index (κ3) is 3.82. The van der Waals surface area contributed by atoms with E-state index in [-0.39, 0.29) is 12.3 Å². The molecule has 1 aliphatic rings. The third-order valence-electron chi connectivity index (χ3n) is 4.45. The van der Waals surface area contributed by atoms with Gasteiger partial charge < -0.3 is 14.6 Å². The molecule has 1 N–H and O–H groups in total. The molecule has 1 unspecified atom stereocenters. The number of likely N-dealkylation sites (tertiary alicyclic amines) is 1. The predicted octanol–water partition coefficient (Wildman–Crippen LogP) is 1.80. The lowest BCUT2D eigenvalue weighted by molar-refractivity contribution is -0.145. The van der Waals surface area contributed by atoms with Crippen LogP contribution in [0.1, 0.15) is 24.1 Å². The fourth-order valence-electron chi connectivity index (χ4n) is 3.09. The van der Waals surface area contributed by atoms with Crippen LogP contribution >= 0.6 is 0 Å². The maximum absolute atomic E-state index is 12.5. The molecule has 1 atom stereocenters.